The molecule has 2 rings (SSSR count). The molecule has 2 unspecified atom stereocenters. The number of anilines is 1. The molecular formula is C13H17ClN2OS. The summed E-state index contributed by atoms with van der Waals surface area (Å²) >= 11 is 11.2. The quantitative estimate of drug-likeness (QED) is 0.847. The largest absolute Gasteiger partial charge is 0.389 e. The van der Waals surface area contributed by atoms with Crippen LogP contribution in [-0.4, -0.2) is 30.3 Å². The number of nitrogens with zero attached hydrogens (tertiary/aromatic N) is 1. The topological polar surface area (TPSA) is 38.5 Å². The van der Waals surface area contributed by atoms with Crippen molar-refractivity contribution in [2.24, 2.45) is 5.73 Å². The molecule has 0 amide bonds. The summed E-state index contributed by atoms with van der Waals surface area (Å²) in [6.45, 7) is 5.81. The maximum Gasteiger partial charge on any atom is 0.105 e. The molecule has 3 nitrogen and oxygen atoms in total. The monoisotopic (exact) mass is 284 g/mol. The Hall–Kier alpha value is -0.840. The predicted octanol–water partition coefficient (Wildman–Crippen LogP) is 2.59. The van der Waals surface area contributed by atoms with Crippen LogP contribution < -0.4 is 10.6 Å². The molecular weight excluding hydrogens is 268 g/mol. The number of thiocarbonyl (C=S) groups is 1. The van der Waals surface area contributed by atoms with Crippen LogP contribution in [-0.2, 0) is 4.74 Å². The highest BCUT2D eigenvalue weighted by Gasteiger charge is 2.24. The fourth-order valence-electron chi connectivity index (χ4n) is 2.15. The van der Waals surface area contributed by atoms with Gasteiger partial charge in [-0.15, -0.1) is 0 Å². The SMILES string of the molecule is CC1CN(c2ccc(C(N)=S)c(Cl)c2)C(C)CO1. The lowest BCUT2D eigenvalue weighted by Gasteiger charge is -2.38. The van der Waals surface area contributed by atoms with E-state index >= 15 is 0 Å². The molecule has 0 aromatic heterocycles. The molecule has 0 bridgehead atoms. The molecule has 1 aliphatic heterocycles. The van der Waals surface area contributed by atoms with Crippen LogP contribution in [0.5, 0.6) is 0 Å². The zero-order valence-corrected chi connectivity index (χ0v) is 12.1. The Kier molecular flexibility index (Phi) is 4.10. The van der Waals surface area contributed by atoms with Gasteiger partial charge < -0.3 is 15.4 Å². The van der Waals surface area contributed by atoms with Crippen LogP contribution in [0.2, 0.25) is 5.02 Å². The van der Waals surface area contributed by atoms with Crippen LogP contribution in [0.1, 0.15) is 19.4 Å². The molecule has 1 aromatic carbocycles. The molecule has 0 saturated carbocycles. The number of halogens is 1. The van der Waals surface area contributed by atoms with E-state index in [0.29, 0.717) is 16.1 Å². The van der Waals surface area contributed by atoms with Crippen LogP contribution >= 0.6 is 23.8 Å². The first-order chi connectivity index (χ1) is 8.49. The van der Waals surface area contributed by atoms with Gasteiger partial charge in [0.05, 0.1) is 17.7 Å². The lowest BCUT2D eigenvalue weighted by Crippen LogP contribution is -2.47. The summed E-state index contributed by atoms with van der Waals surface area (Å²) in [7, 11) is 0. The molecule has 1 fully saturated rings. The summed E-state index contributed by atoms with van der Waals surface area (Å²) in [4.78, 5) is 2.62. The van der Waals surface area contributed by atoms with E-state index in [-0.39, 0.29) is 6.10 Å². The third kappa shape index (κ3) is 2.76. The van der Waals surface area contributed by atoms with Crippen molar-refractivity contribution in [3.05, 3.63) is 28.8 Å². The number of benzene rings is 1. The van der Waals surface area contributed by atoms with E-state index in [1.165, 1.54) is 0 Å². The third-order valence-corrected chi connectivity index (χ3v) is 3.69. The Labute approximate surface area is 118 Å². The summed E-state index contributed by atoms with van der Waals surface area (Å²) in [5.74, 6) is 0. The van der Waals surface area contributed by atoms with Crippen LogP contribution in [0, 0.1) is 0 Å². The molecule has 1 aliphatic rings. The van der Waals surface area contributed by atoms with Crippen LogP contribution in [0.4, 0.5) is 5.69 Å². The first-order valence-electron chi connectivity index (χ1n) is 5.96. The van der Waals surface area contributed by atoms with Gasteiger partial charge in [-0.25, -0.2) is 0 Å². The maximum absolute atomic E-state index is 6.20. The minimum absolute atomic E-state index is 0.232. The second kappa shape index (κ2) is 5.43. The van der Waals surface area contributed by atoms with Crippen molar-refractivity contribution in [3.63, 3.8) is 0 Å². The van der Waals surface area contributed by atoms with Gasteiger partial charge in [0, 0.05) is 23.8 Å². The Morgan fingerprint density at radius 3 is 2.83 bits per heavy atom. The van der Waals surface area contributed by atoms with Crippen molar-refractivity contribution < 1.29 is 4.74 Å². The summed E-state index contributed by atoms with van der Waals surface area (Å²) in [5, 5.41) is 0.603. The smallest absolute Gasteiger partial charge is 0.105 e. The number of ether oxygens (including phenoxy) is 1. The average molecular weight is 285 g/mol. The van der Waals surface area contributed by atoms with Gasteiger partial charge in [0.1, 0.15) is 4.99 Å². The number of hydrogen-bond donors (Lipinski definition) is 1. The normalized spacial score (nSPS) is 24.1. The van der Waals surface area contributed by atoms with Crippen LogP contribution in [0.25, 0.3) is 0 Å². The van der Waals surface area contributed by atoms with Crippen molar-refractivity contribution in [3.8, 4) is 0 Å². The second-order valence-electron chi connectivity index (χ2n) is 4.67. The number of nitrogens with two attached hydrogens (primary N) is 1. The molecule has 0 radical (unpaired) electrons. The molecule has 1 heterocycles. The fourth-order valence-corrected chi connectivity index (χ4v) is 2.66. The van der Waals surface area contributed by atoms with E-state index in [1.807, 2.05) is 18.2 Å². The predicted molar refractivity (Wildman–Crippen MR) is 79.6 cm³/mol. The molecule has 2 atom stereocenters. The summed E-state index contributed by atoms with van der Waals surface area (Å²) in [6, 6.07) is 6.15. The van der Waals surface area contributed by atoms with E-state index in [1.54, 1.807) is 0 Å². The van der Waals surface area contributed by atoms with Gasteiger partial charge in [0.25, 0.3) is 0 Å². The number of rotatable bonds is 2. The highest BCUT2D eigenvalue weighted by atomic mass is 35.5. The van der Waals surface area contributed by atoms with Crippen molar-refractivity contribution in [2.75, 3.05) is 18.1 Å². The van der Waals surface area contributed by atoms with Gasteiger partial charge in [-0.1, -0.05) is 23.8 Å². The van der Waals surface area contributed by atoms with Gasteiger partial charge in [-0.2, -0.15) is 0 Å². The van der Waals surface area contributed by atoms with E-state index in [9.17, 15) is 0 Å². The fraction of sp³-hybridized carbons (Fsp3) is 0.462. The minimum atomic E-state index is 0.232. The minimum Gasteiger partial charge on any atom is -0.389 e. The molecule has 1 aromatic rings. The molecule has 1 saturated heterocycles. The zero-order chi connectivity index (χ0) is 13.3. The zero-order valence-electron chi connectivity index (χ0n) is 10.5. The second-order valence-corrected chi connectivity index (χ2v) is 5.52. The highest BCUT2D eigenvalue weighted by molar-refractivity contribution is 7.80. The van der Waals surface area contributed by atoms with Crippen molar-refractivity contribution in [1.82, 2.24) is 0 Å². The first-order valence-corrected chi connectivity index (χ1v) is 6.75. The van der Waals surface area contributed by atoms with Gasteiger partial charge >= 0.3 is 0 Å². The first kappa shape index (κ1) is 13.6. The lowest BCUT2D eigenvalue weighted by molar-refractivity contribution is 0.0344. The summed E-state index contributed by atoms with van der Waals surface area (Å²) in [5.41, 5.74) is 7.42. The Morgan fingerprint density at radius 2 is 2.22 bits per heavy atom. The molecule has 0 aliphatic carbocycles. The van der Waals surface area contributed by atoms with E-state index in [0.717, 1.165) is 24.4 Å². The Morgan fingerprint density at radius 1 is 1.50 bits per heavy atom. The van der Waals surface area contributed by atoms with E-state index in [2.05, 4.69) is 18.7 Å². The van der Waals surface area contributed by atoms with Crippen LogP contribution in [0.15, 0.2) is 18.2 Å². The van der Waals surface area contributed by atoms with Crippen molar-refractivity contribution in [1.29, 1.82) is 0 Å². The molecule has 98 valence electrons. The average Bonchev–Trinajstić information content (AvgIpc) is 2.31. The Bertz CT molecular complexity index is 466. The number of hydrogen-bond acceptors (Lipinski definition) is 3. The Balaban J connectivity index is 2.28. The van der Waals surface area contributed by atoms with Crippen molar-refractivity contribution >= 4 is 34.5 Å². The number of morpholine rings is 1. The maximum atomic E-state index is 6.20. The lowest BCUT2D eigenvalue weighted by atomic mass is 10.1. The van der Waals surface area contributed by atoms with Gasteiger partial charge in [0.2, 0.25) is 0 Å². The van der Waals surface area contributed by atoms with Gasteiger partial charge in [-0.3, -0.25) is 0 Å². The molecule has 0 spiro atoms. The molecule has 18 heavy (non-hydrogen) atoms. The van der Waals surface area contributed by atoms with Crippen LogP contribution in [0.3, 0.4) is 0 Å². The third-order valence-electron chi connectivity index (χ3n) is 3.16. The molecule has 2 N–H and O–H groups in total. The summed E-state index contributed by atoms with van der Waals surface area (Å²) in [6.07, 6.45) is 0.232. The standard InChI is InChI=1S/C13H17ClN2OS/c1-8-7-17-9(2)6-16(8)10-3-4-11(13(15)18)12(14)5-10/h3-5,8-9H,6-7H2,1-2H3,(H2,15,18). The van der Waals surface area contributed by atoms with Crippen molar-refractivity contribution in [2.45, 2.75) is 26.0 Å². The van der Waals surface area contributed by atoms with E-state index < -0.39 is 0 Å². The van der Waals surface area contributed by atoms with E-state index in [4.69, 9.17) is 34.3 Å². The molecule has 5 heteroatoms. The van der Waals surface area contributed by atoms with Gasteiger partial charge in [-0.05, 0) is 32.0 Å². The summed E-state index contributed by atoms with van der Waals surface area (Å²) < 4.78 is 5.62. The van der Waals surface area contributed by atoms with Gasteiger partial charge in [0.15, 0.2) is 0 Å². The highest BCUT2D eigenvalue weighted by Crippen LogP contribution is 2.27.